The quantitative estimate of drug-likeness (QED) is 0.829. The van der Waals surface area contributed by atoms with Crippen LogP contribution in [0.2, 0.25) is 0 Å². The highest BCUT2D eigenvalue weighted by molar-refractivity contribution is 5.92. The van der Waals surface area contributed by atoms with Crippen LogP contribution in [0, 0.1) is 11.8 Å². The fraction of sp³-hybridized carbons (Fsp3) is 0.714. The first kappa shape index (κ1) is 15.7. The maximum atomic E-state index is 12.0. The predicted molar refractivity (Wildman–Crippen MR) is 74.7 cm³/mol. The fourth-order valence-corrected chi connectivity index (χ4v) is 1.49. The number of hydrogen-bond acceptors (Lipinski definition) is 4. The van der Waals surface area contributed by atoms with Crippen LogP contribution >= 0.6 is 0 Å². The number of carbonyl (C=O) groups excluding carboxylic acids is 1. The summed E-state index contributed by atoms with van der Waals surface area (Å²) in [5.41, 5.74) is 6.32. The summed E-state index contributed by atoms with van der Waals surface area (Å²) in [6, 6.07) is -0.176. The Morgan fingerprint density at radius 3 is 2.58 bits per heavy atom. The maximum Gasteiger partial charge on any atom is 0.273 e. The van der Waals surface area contributed by atoms with Crippen molar-refractivity contribution in [3.63, 3.8) is 0 Å². The highest BCUT2D eigenvalue weighted by Crippen LogP contribution is 2.21. The monoisotopic (exact) mass is 267 g/mol. The molecule has 0 bridgehead atoms. The second-order valence-corrected chi connectivity index (χ2v) is 5.49. The summed E-state index contributed by atoms with van der Waals surface area (Å²) in [5.74, 6) is 0.853. The first-order valence-corrected chi connectivity index (χ1v) is 6.88. The van der Waals surface area contributed by atoms with Gasteiger partial charge in [-0.3, -0.25) is 4.79 Å². The van der Waals surface area contributed by atoms with E-state index >= 15 is 0 Å². The highest BCUT2D eigenvalue weighted by atomic mass is 16.3. The minimum Gasteiger partial charge on any atom is -0.446 e. The van der Waals surface area contributed by atoms with E-state index < -0.39 is 0 Å². The molecular formula is C14H25N3O2. The minimum atomic E-state index is -0.269. The van der Waals surface area contributed by atoms with Crippen molar-refractivity contribution >= 4 is 5.91 Å². The third-order valence-corrected chi connectivity index (χ3v) is 3.66. The van der Waals surface area contributed by atoms with E-state index in [0.29, 0.717) is 17.5 Å². The van der Waals surface area contributed by atoms with Crippen LogP contribution in [0.3, 0.4) is 0 Å². The van der Waals surface area contributed by atoms with Gasteiger partial charge in [-0.15, -0.1) is 0 Å². The fourth-order valence-electron chi connectivity index (χ4n) is 1.49. The molecule has 1 aromatic rings. The number of aromatic nitrogens is 1. The Hall–Kier alpha value is -1.36. The zero-order valence-electron chi connectivity index (χ0n) is 12.4. The lowest BCUT2D eigenvalue weighted by Gasteiger charge is -2.16. The Balaban J connectivity index is 2.71. The van der Waals surface area contributed by atoms with Crippen LogP contribution in [0.1, 0.15) is 63.5 Å². The molecule has 0 aromatic carbocycles. The number of oxazole rings is 1. The number of amides is 1. The molecule has 0 aliphatic rings. The van der Waals surface area contributed by atoms with Crippen molar-refractivity contribution in [1.82, 2.24) is 10.3 Å². The molecular weight excluding hydrogens is 242 g/mol. The van der Waals surface area contributed by atoms with Gasteiger partial charge in [-0.25, -0.2) is 4.98 Å². The average molecular weight is 267 g/mol. The summed E-state index contributed by atoms with van der Waals surface area (Å²) < 4.78 is 5.32. The summed E-state index contributed by atoms with van der Waals surface area (Å²) in [6.07, 6.45) is 2.31. The summed E-state index contributed by atoms with van der Waals surface area (Å²) in [7, 11) is 0. The molecule has 3 N–H and O–H groups in total. The Morgan fingerprint density at radius 2 is 2.05 bits per heavy atom. The van der Waals surface area contributed by atoms with E-state index in [-0.39, 0.29) is 23.9 Å². The summed E-state index contributed by atoms with van der Waals surface area (Å²) in [4.78, 5) is 16.1. The molecule has 0 fully saturated rings. The first-order chi connectivity index (χ1) is 8.86. The lowest BCUT2D eigenvalue weighted by atomic mass is 10.0. The van der Waals surface area contributed by atoms with Crippen LogP contribution in [0.25, 0.3) is 0 Å². The zero-order valence-corrected chi connectivity index (χ0v) is 12.4. The molecule has 3 unspecified atom stereocenters. The largest absolute Gasteiger partial charge is 0.446 e. The third kappa shape index (κ3) is 4.06. The van der Waals surface area contributed by atoms with Gasteiger partial charge in [-0.05, 0) is 18.8 Å². The van der Waals surface area contributed by atoms with Crippen molar-refractivity contribution in [3.8, 4) is 0 Å². The number of hydrogen-bond donors (Lipinski definition) is 2. The molecule has 108 valence electrons. The van der Waals surface area contributed by atoms with Crippen LogP contribution in [0.15, 0.2) is 10.7 Å². The van der Waals surface area contributed by atoms with Crippen LogP contribution in [0.5, 0.6) is 0 Å². The lowest BCUT2D eigenvalue weighted by Crippen LogP contribution is -2.36. The molecule has 0 radical (unpaired) electrons. The third-order valence-electron chi connectivity index (χ3n) is 3.66. The van der Waals surface area contributed by atoms with E-state index in [9.17, 15) is 4.79 Å². The number of nitrogens with one attached hydrogen (secondary N) is 1. The summed E-state index contributed by atoms with van der Waals surface area (Å²) in [5, 5.41) is 2.89. The first-order valence-electron chi connectivity index (χ1n) is 6.88. The van der Waals surface area contributed by atoms with Gasteiger partial charge in [-0.1, -0.05) is 34.1 Å². The van der Waals surface area contributed by atoms with Crippen molar-refractivity contribution < 1.29 is 9.21 Å². The number of nitrogens with zero attached hydrogens (tertiary/aromatic N) is 1. The zero-order chi connectivity index (χ0) is 14.6. The van der Waals surface area contributed by atoms with Gasteiger partial charge in [0.15, 0.2) is 5.69 Å². The lowest BCUT2D eigenvalue weighted by molar-refractivity contribution is 0.0925. The highest BCUT2D eigenvalue weighted by Gasteiger charge is 2.21. The molecule has 1 rings (SSSR count). The topological polar surface area (TPSA) is 81.1 Å². The molecule has 0 saturated heterocycles. The molecule has 0 saturated carbocycles. The normalized spacial score (nSPS) is 16.2. The van der Waals surface area contributed by atoms with Gasteiger partial charge >= 0.3 is 0 Å². The SMILES string of the molecule is CCC(C)C(N)c1nc(C(=O)NC(C)C(C)C)co1. The Morgan fingerprint density at radius 1 is 1.42 bits per heavy atom. The number of nitrogens with two attached hydrogens (primary N) is 1. The second kappa shape index (κ2) is 6.70. The molecule has 0 spiro atoms. The molecule has 1 aromatic heterocycles. The van der Waals surface area contributed by atoms with Gasteiger partial charge in [0.05, 0.1) is 6.04 Å². The molecule has 5 nitrogen and oxygen atoms in total. The van der Waals surface area contributed by atoms with E-state index in [0.717, 1.165) is 6.42 Å². The molecule has 0 aliphatic heterocycles. The van der Waals surface area contributed by atoms with E-state index in [1.165, 1.54) is 6.26 Å². The van der Waals surface area contributed by atoms with Crippen LogP contribution in [0.4, 0.5) is 0 Å². The Labute approximate surface area is 115 Å². The Kier molecular flexibility index (Phi) is 5.54. The minimum absolute atomic E-state index is 0.0934. The Bertz CT molecular complexity index is 415. The van der Waals surface area contributed by atoms with E-state index in [4.69, 9.17) is 10.2 Å². The molecule has 1 heterocycles. The van der Waals surface area contributed by atoms with Crippen molar-refractivity contribution in [2.24, 2.45) is 17.6 Å². The number of rotatable bonds is 6. The van der Waals surface area contributed by atoms with E-state index in [2.05, 4.69) is 31.1 Å². The van der Waals surface area contributed by atoms with Gasteiger partial charge in [0, 0.05) is 6.04 Å². The van der Waals surface area contributed by atoms with Gasteiger partial charge in [0.2, 0.25) is 5.89 Å². The van der Waals surface area contributed by atoms with Crippen molar-refractivity contribution in [2.45, 2.75) is 53.1 Å². The summed E-state index contributed by atoms with van der Waals surface area (Å²) in [6.45, 7) is 10.2. The van der Waals surface area contributed by atoms with Crippen LogP contribution in [-0.4, -0.2) is 16.9 Å². The van der Waals surface area contributed by atoms with Crippen molar-refractivity contribution in [2.75, 3.05) is 0 Å². The predicted octanol–water partition coefficient (Wildman–Crippen LogP) is 2.49. The van der Waals surface area contributed by atoms with Gasteiger partial charge in [0.1, 0.15) is 6.26 Å². The van der Waals surface area contributed by atoms with Crippen molar-refractivity contribution in [1.29, 1.82) is 0 Å². The van der Waals surface area contributed by atoms with E-state index in [1.807, 2.05) is 13.8 Å². The van der Waals surface area contributed by atoms with E-state index in [1.54, 1.807) is 0 Å². The van der Waals surface area contributed by atoms with Crippen molar-refractivity contribution in [3.05, 3.63) is 17.8 Å². The van der Waals surface area contributed by atoms with Gasteiger partial charge < -0.3 is 15.5 Å². The molecule has 19 heavy (non-hydrogen) atoms. The van der Waals surface area contributed by atoms with Gasteiger partial charge in [-0.2, -0.15) is 0 Å². The number of carbonyl (C=O) groups is 1. The smallest absolute Gasteiger partial charge is 0.273 e. The van der Waals surface area contributed by atoms with Crippen LogP contribution in [-0.2, 0) is 0 Å². The molecule has 5 heteroatoms. The average Bonchev–Trinajstić information content (AvgIpc) is 2.86. The maximum absolute atomic E-state index is 12.0. The summed E-state index contributed by atoms with van der Waals surface area (Å²) >= 11 is 0. The molecule has 0 aliphatic carbocycles. The standard InChI is InChI=1S/C14H25N3O2/c1-6-9(4)12(15)14-17-11(7-19-14)13(18)16-10(5)8(2)3/h7-10,12H,6,15H2,1-5H3,(H,16,18). The van der Waals surface area contributed by atoms with Crippen LogP contribution < -0.4 is 11.1 Å². The molecule has 1 amide bonds. The van der Waals surface area contributed by atoms with Gasteiger partial charge in [0.25, 0.3) is 5.91 Å². The second-order valence-electron chi connectivity index (χ2n) is 5.49. The molecule has 3 atom stereocenters.